The van der Waals surface area contributed by atoms with Crippen LogP contribution in [0.4, 0.5) is 0 Å². The van der Waals surface area contributed by atoms with Gasteiger partial charge in [0.15, 0.2) is 0 Å². The van der Waals surface area contributed by atoms with E-state index in [1.165, 1.54) is 11.8 Å². The van der Waals surface area contributed by atoms with E-state index in [1.54, 1.807) is 6.92 Å². The summed E-state index contributed by atoms with van der Waals surface area (Å²) in [6.45, 7) is 5.82. The third-order valence-corrected chi connectivity index (χ3v) is 4.01. The number of hydrogen-bond acceptors (Lipinski definition) is 4. The second kappa shape index (κ2) is 10.5. The minimum absolute atomic E-state index is 0.0360. The maximum absolute atomic E-state index is 11.8. The molecule has 0 radical (unpaired) electrons. The topological polar surface area (TPSA) is 95.5 Å². The first kappa shape index (κ1) is 18.8. The molecule has 0 aromatic rings. The summed E-state index contributed by atoms with van der Waals surface area (Å²) in [4.78, 5) is 32.9. The van der Waals surface area contributed by atoms with E-state index >= 15 is 0 Å². The normalized spacial score (nSPS) is 14.9. The third-order valence-electron chi connectivity index (χ3n) is 2.82. The average molecular weight is 304 g/mol. The summed E-state index contributed by atoms with van der Waals surface area (Å²) in [5.74, 6) is -0.605. The molecule has 2 amide bonds. The van der Waals surface area contributed by atoms with Crippen molar-refractivity contribution in [2.24, 2.45) is 0 Å². The number of rotatable bonds is 11. The van der Waals surface area contributed by atoms with Crippen LogP contribution in [0.5, 0.6) is 0 Å². The van der Waals surface area contributed by atoms with Gasteiger partial charge in [-0.2, -0.15) is 0 Å². The molecule has 0 aliphatic carbocycles. The highest BCUT2D eigenvalue weighted by molar-refractivity contribution is 8.00. The zero-order chi connectivity index (χ0) is 15.5. The molecule has 0 fully saturated rings. The van der Waals surface area contributed by atoms with E-state index in [0.29, 0.717) is 18.6 Å². The van der Waals surface area contributed by atoms with Crippen LogP contribution in [0.2, 0.25) is 0 Å². The van der Waals surface area contributed by atoms with Crippen molar-refractivity contribution in [1.29, 1.82) is 0 Å². The van der Waals surface area contributed by atoms with Gasteiger partial charge in [0.25, 0.3) is 0 Å². The van der Waals surface area contributed by atoms with Crippen molar-refractivity contribution >= 4 is 30.0 Å². The van der Waals surface area contributed by atoms with Crippen LogP contribution in [-0.4, -0.2) is 46.5 Å². The van der Waals surface area contributed by atoms with Gasteiger partial charge in [-0.1, -0.05) is 13.3 Å². The Morgan fingerprint density at radius 1 is 1.30 bits per heavy atom. The van der Waals surface area contributed by atoms with Crippen molar-refractivity contribution in [1.82, 2.24) is 10.6 Å². The molecule has 0 aliphatic rings. The molecular weight excluding hydrogens is 280 g/mol. The van der Waals surface area contributed by atoms with Crippen molar-refractivity contribution < 1.29 is 19.5 Å². The van der Waals surface area contributed by atoms with Gasteiger partial charge in [0.2, 0.25) is 12.3 Å². The molecule has 20 heavy (non-hydrogen) atoms. The highest BCUT2D eigenvalue weighted by atomic mass is 32.2. The quantitative estimate of drug-likeness (QED) is 0.495. The van der Waals surface area contributed by atoms with Gasteiger partial charge in [-0.25, -0.2) is 4.79 Å². The molecule has 6 nitrogen and oxygen atoms in total. The van der Waals surface area contributed by atoms with E-state index in [0.717, 1.165) is 12.8 Å². The van der Waals surface area contributed by atoms with Gasteiger partial charge in [0.1, 0.15) is 6.04 Å². The van der Waals surface area contributed by atoms with Gasteiger partial charge in [0, 0.05) is 6.04 Å². The highest BCUT2D eigenvalue weighted by Crippen LogP contribution is 2.13. The standard InChI is InChI=1S/C13H24N2O4S/c1-4-5-9(2)15-12(17)10(3)20-7-6-11(13(18)19)14-8-16/h8-11H,4-7H2,1-3H3,(H,14,16)(H,15,17)(H,18,19). The van der Waals surface area contributed by atoms with Crippen LogP contribution >= 0.6 is 11.8 Å². The summed E-state index contributed by atoms with van der Waals surface area (Å²) in [6.07, 6.45) is 2.63. The van der Waals surface area contributed by atoms with Crippen LogP contribution in [0.1, 0.15) is 40.0 Å². The second-order valence-corrected chi connectivity index (χ2v) is 6.12. The molecule has 3 N–H and O–H groups in total. The van der Waals surface area contributed by atoms with Gasteiger partial charge < -0.3 is 15.7 Å². The Morgan fingerprint density at radius 3 is 2.45 bits per heavy atom. The smallest absolute Gasteiger partial charge is 0.326 e. The molecule has 0 spiro atoms. The minimum Gasteiger partial charge on any atom is -0.480 e. The number of aliphatic carboxylic acids is 1. The summed E-state index contributed by atoms with van der Waals surface area (Å²) in [5, 5.41) is 13.8. The Morgan fingerprint density at radius 2 is 1.95 bits per heavy atom. The van der Waals surface area contributed by atoms with Crippen molar-refractivity contribution in [3.63, 3.8) is 0 Å². The van der Waals surface area contributed by atoms with Gasteiger partial charge in [-0.15, -0.1) is 11.8 Å². The van der Waals surface area contributed by atoms with Crippen molar-refractivity contribution in [2.75, 3.05) is 5.75 Å². The fraction of sp³-hybridized carbons (Fsp3) is 0.769. The van der Waals surface area contributed by atoms with Gasteiger partial charge >= 0.3 is 5.97 Å². The average Bonchev–Trinajstić information content (AvgIpc) is 2.37. The van der Waals surface area contributed by atoms with E-state index in [-0.39, 0.29) is 17.2 Å². The highest BCUT2D eigenvalue weighted by Gasteiger charge is 2.19. The number of nitrogens with one attached hydrogen (secondary N) is 2. The fourth-order valence-electron chi connectivity index (χ4n) is 1.66. The second-order valence-electron chi connectivity index (χ2n) is 4.68. The Hall–Kier alpha value is -1.24. The first-order valence-corrected chi connectivity index (χ1v) is 7.81. The number of hydrogen-bond donors (Lipinski definition) is 3. The van der Waals surface area contributed by atoms with E-state index in [9.17, 15) is 14.4 Å². The summed E-state index contributed by atoms with van der Waals surface area (Å²) in [7, 11) is 0. The monoisotopic (exact) mass is 304 g/mol. The van der Waals surface area contributed by atoms with E-state index < -0.39 is 12.0 Å². The molecule has 116 valence electrons. The molecule has 0 aromatic heterocycles. The first-order chi connectivity index (χ1) is 9.42. The number of amides is 2. The third kappa shape index (κ3) is 8.04. The van der Waals surface area contributed by atoms with Crippen LogP contribution in [0, 0.1) is 0 Å². The Bertz CT molecular complexity index is 325. The van der Waals surface area contributed by atoms with Gasteiger partial charge in [0.05, 0.1) is 5.25 Å². The van der Waals surface area contributed by atoms with Gasteiger partial charge in [-0.3, -0.25) is 9.59 Å². The lowest BCUT2D eigenvalue weighted by Crippen LogP contribution is -2.38. The SMILES string of the molecule is CCCC(C)NC(=O)C(C)SCCC(NC=O)C(=O)O. The molecule has 0 rings (SSSR count). The number of carboxylic acids is 1. The summed E-state index contributed by atoms with van der Waals surface area (Å²) < 4.78 is 0. The fourth-order valence-corrected chi connectivity index (χ4v) is 2.61. The van der Waals surface area contributed by atoms with Crippen LogP contribution in [0.3, 0.4) is 0 Å². The molecule has 7 heteroatoms. The summed E-state index contributed by atoms with van der Waals surface area (Å²) in [6, 6.07) is -0.742. The van der Waals surface area contributed by atoms with Crippen molar-refractivity contribution in [3.8, 4) is 0 Å². The molecule has 0 aliphatic heterocycles. The summed E-state index contributed by atoms with van der Waals surface area (Å²) >= 11 is 1.38. The predicted octanol–water partition coefficient (Wildman–Crippen LogP) is 1.00. The maximum atomic E-state index is 11.8. The lowest BCUT2D eigenvalue weighted by atomic mass is 10.2. The van der Waals surface area contributed by atoms with Crippen molar-refractivity contribution in [3.05, 3.63) is 0 Å². The van der Waals surface area contributed by atoms with Crippen LogP contribution < -0.4 is 10.6 Å². The zero-order valence-corrected chi connectivity index (χ0v) is 13.0. The molecule has 3 atom stereocenters. The number of carbonyl (C=O) groups excluding carboxylic acids is 2. The largest absolute Gasteiger partial charge is 0.480 e. The molecular formula is C13H24N2O4S. The van der Waals surface area contributed by atoms with Crippen molar-refractivity contribution in [2.45, 2.75) is 57.4 Å². The Kier molecular flexibility index (Phi) is 9.88. The Balaban J connectivity index is 4.02. The minimum atomic E-state index is -1.06. The number of carboxylic acid groups (broad SMARTS) is 1. The Labute approximate surface area is 124 Å². The first-order valence-electron chi connectivity index (χ1n) is 6.76. The van der Waals surface area contributed by atoms with Gasteiger partial charge in [-0.05, 0) is 32.4 Å². The molecule has 0 bridgehead atoms. The molecule has 0 aromatic carbocycles. The number of carbonyl (C=O) groups is 3. The lowest BCUT2D eigenvalue weighted by molar-refractivity contribution is -0.140. The van der Waals surface area contributed by atoms with Crippen LogP contribution in [-0.2, 0) is 14.4 Å². The van der Waals surface area contributed by atoms with E-state index in [1.807, 2.05) is 6.92 Å². The zero-order valence-electron chi connectivity index (χ0n) is 12.2. The summed E-state index contributed by atoms with van der Waals surface area (Å²) in [5.41, 5.74) is 0. The van der Waals surface area contributed by atoms with Crippen LogP contribution in [0.15, 0.2) is 0 Å². The molecule has 3 unspecified atom stereocenters. The molecule has 0 saturated carbocycles. The molecule has 0 heterocycles. The molecule has 0 saturated heterocycles. The predicted molar refractivity (Wildman–Crippen MR) is 79.7 cm³/mol. The lowest BCUT2D eigenvalue weighted by Gasteiger charge is -2.17. The number of thioether (sulfide) groups is 1. The van der Waals surface area contributed by atoms with E-state index in [2.05, 4.69) is 17.6 Å². The van der Waals surface area contributed by atoms with E-state index in [4.69, 9.17) is 5.11 Å². The maximum Gasteiger partial charge on any atom is 0.326 e. The van der Waals surface area contributed by atoms with Crippen LogP contribution in [0.25, 0.3) is 0 Å².